The Morgan fingerprint density at radius 3 is 1.77 bits per heavy atom. The van der Waals surface area contributed by atoms with Crippen molar-refractivity contribution in [2.75, 3.05) is 0 Å². The second kappa shape index (κ2) is 12.5. The van der Waals surface area contributed by atoms with Gasteiger partial charge in [-0.25, -0.2) is 19.9 Å². The summed E-state index contributed by atoms with van der Waals surface area (Å²) in [6.07, 6.45) is 0. The van der Waals surface area contributed by atoms with Crippen LogP contribution >= 0.6 is 11.3 Å². The topological polar surface area (TPSA) is 56.5 Å². The summed E-state index contributed by atoms with van der Waals surface area (Å²) < 4.78 is 4.74. The van der Waals surface area contributed by atoms with Crippen molar-refractivity contribution in [3.05, 3.63) is 176 Å². The van der Waals surface area contributed by atoms with E-state index in [1.165, 1.54) is 20.2 Å². The van der Waals surface area contributed by atoms with Gasteiger partial charge < -0.3 is 0 Å². The Balaban J connectivity index is 1.29. The molecule has 0 aliphatic heterocycles. The zero-order valence-corrected chi connectivity index (χ0v) is 28.7. The molecule has 10 rings (SSSR count). The van der Waals surface area contributed by atoms with Gasteiger partial charge in [0, 0.05) is 48.1 Å². The van der Waals surface area contributed by atoms with Crippen molar-refractivity contribution in [3.8, 4) is 62.4 Å². The lowest BCUT2D eigenvalue weighted by molar-refractivity contribution is 1.07. The van der Waals surface area contributed by atoms with Crippen LogP contribution in [0.25, 0.3) is 93.6 Å². The van der Waals surface area contributed by atoms with E-state index in [1.54, 1.807) is 0 Å². The van der Waals surface area contributed by atoms with Gasteiger partial charge in [0.15, 0.2) is 17.5 Å². The average Bonchev–Trinajstić information content (AvgIpc) is 3.81. The fraction of sp³-hybridized carbons (Fsp3) is 0. The van der Waals surface area contributed by atoms with Crippen molar-refractivity contribution in [2.24, 2.45) is 0 Å². The normalized spacial score (nSPS) is 11.5. The van der Waals surface area contributed by atoms with Gasteiger partial charge in [0.25, 0.3) is 0 Å². The number of aromatic nitrogens is 5. The summed E-state index contributed by atoms with van der Waals surface area (Å²) in [5, 5.41) is 2.47. The van der Waals surface area contributed by atoms with Gasteiger partial charge in [0.1, 0.15) is 5.82 Å². The zero-order valence-electron chi connectivity index (χ0n) is 27.9. The second-order valence-electron chi connectivity index (χ2n) is 12.7. The van der Waals surface area contributed by atoms with Crippen molar-refractivity contribution in [1.29, 1.82) is 0 Å². The Bertz CT molecular complexity index is 2840. The molecular formula is C46H29N5S. The van der Waals surface area contributed by atoms with E-state index in [1.807, 2.05) is 84.1 Å². The molecule has 0 saturated carbocycles. The number of imidazole rings is 1. The molecular weight excluding hydrogens is 655 g/mol. The van der Waals surface area contributed by atoms with E-state index < -0.39 is 0 Å². The highest BCUT2D eigenvalue weighted by Gasteiger charge is 2.22. The summed E-state index contributed by atoms with van der Waals surface area (Å²) in [7, 11) is 0. The Hall–Kier alpha value is -6.76. The van der Waals surface area contributed by atoms with E-state index >= 15 is 0 Å². The first-order valence-corrected chi connectivity index (χ1v) is 18.1. The minimum absolute atomic E-state index is 0.600. The predicted octanol–water partition coefficient (Wildman–Crippen LogP) is 11.9. The lowest BCUT2D eigenvalue weighted by Crippen LogP contribution is -2.02. The van der Waals surface area contributed by atoms with Crippen LogP contribution in [0, 0.1) is 0 Å². The molecule has 0 radical (unpaired) electrons. The van der Waals surface area contributed by atoms with E-state index in [9.17, 15) is 0 Å². The molecule has 0 aliphatic carbocycles. The molecule has 0 amide bonds. The molecule has 0 unspecified atom stereocenters. The molecule has 5 nitrogen and oxygen atoms in total. The van der Waals surface area contributed by atoms with Crippen LogP contribution in [-0.4, -0.2) is 24.5 Å². The maximum atomic E-state index is 5.23. The first-order valence-electron chi connectivity index (χ1n) is 17.2. The van der Waals surface area contributed by atoms with E-state index in [2.05, 4.69) is 108 Å². The molecule has 0 bridgehead atoms. The van der Waals surface area contributed by atoms with Gasteiger partial charge in [-0.15, -0.1) is 11.3 Å². The Morgan fingerprint density at radius 1 is 0.404 bits per heavy atom. The Kier molecular flexibility index (Phi) is 7.25. The highest BCUT2D eigenvalue weighted by Crippen LogP contribution is 2.44. The molecule has 0 spiro atoms. The van der Waals surface area contributed by atoms with Crippen molar-refractivity contribution < 1.29 is 0 Å². The van der Waals surface area contributed by atoms with Crippen LogP contribution in [0.4, 0.5) is 0 Å². The fourth-order valence-corrected chi connectivity index (χ4v) is 8.22. The molecule has 3 heterocycles. The van der Waals surface area contributed by atoms with Gasteiger partial charge in [0.05, 0.1) is 11.0 Å². The van der Waals surface area contributed by atoms with Crippen LogP contribution in [0.2, 0.25) is 0 Å². The van der Waals surface area contributed by atoms with Crippen LogP contribution < -0.4 is 0 Å². The molecule has 7 aromatic carbocycles. The standard InChI is InChI=1S/C46H29N5S/c1-4-15-30(16-5-1)43-48-44(31-17-6-2-7-18-31)50-45(49-43)37-29-32(46-47-38-23-11-12-24-39(38)51(46)33-19-8-3-9-20-33)27-28-34(37)35-22-14-26-41-42(35)36-21-10-13-25-40(36)52-41/h1-29H. The predicted molar refractivity (Wildman–Crippen MR) is 215 cm³/mol. The summed E-state index contributed by atoms with van der Waals surface area (Å²) >= 11 is 1.82. The maximum absolute atomic E-state index is 5.23. The van der Waals surface area contributed by atoms with Crippen LogP contribution in [0.1, 0.15) is 0 Å². The van der Waals surface area contributed by atoms with Gasteiger partial charge in [-0.2, -0.15) is 0 Å². The number of benzene rings is 7. The highest BCUT2D eigenvalue weighted by atomic mass is 32.1. The highest BCUT2D eigenvalue weighted by molar-refractivity contribution is 7.25. The molecule has 52 heavy (non-hydrogen) atoms. The van der Waals surface area contributed by atoms with Crippen LogP contribution in [-0.2, 0) is 0 Å². The van der Waals surface area contributed by atoms with E-state index in [0.29, 0.717) is 17.5 Å². The third kappa shape index (κ3) is 5.16. The molecule has 3 aromatic heterocycles. The molecule has 0 N–H and O–H groups in total. The van der Waals surface area contributed by atoms with Gasteiger partial charge >= 0.3 is 0 Å². The minimum Gasteiger partial charge on any atom is -0.292 e. The first kappa shape index (κ1) is 30.1. The monoisotopic (exact) mass is 683 g/mol. The SMILES string of the molecule is c1ccc(-c2nc(-c3ccccc3)nc(-c3cc(-c4nc5ccccc5n4-c4ccccc4)ccc3-c3cccc4sc5ccccc5c34)n2)cc1. The quantitative estimate of drug-likeness (QED) is 0.175. The maximum Gasteiger partial charge on any atom is 0.164 e. The van der Waals surface area contributed by atoms with Crippen molar-refractivity contribution in [1.82, 2.24) is 24.5 Å². The number of fused-ring (bicyclic) bond motifs is 4. The molecule has 6 heteroatoms. The summed E-state index contributed by atoms with van der Waals surface area (Å²) in [4.78, 5) is 20.7. The van der Waals surface area contributed by atoms with Gasteiger partial charge in [-0.3, -0.25) is 4.57 Å². The second-order valence-corrected chi connectivity index (χ2v) is 13.8. The van der Waals surface area contributed by atoms with E-state index in [4.69, 9.17) is 19.9 Å². The molecule has 0 saturated heterocycles. The van der Waals surface area contributed by atoms with Crippen molar-refractivity contribution >= 4 is 42.5 Å². The molecule has 0 fully saturated rings. The van der Waals surface area contributed by atoms with Gasteiger partial charge in [0.2, 0.25) is 0 Å². The number of thiophene rings is 1. The first-order chi connectivity index (χ1) is 25.8. The number of hydrogen-bond donors (Lipinski definition) is 0. The zero-order chi connectivity index (χ0) is 34.4. The third-order valence-corrected chi connectivity index (χ3v) is 10.6. The number of hydrogen-bond acceptors (Lipinski definition) is 5. The summed E-state index contributed by atoms with van der Waals surface area (Å²) in [6.45, 7) is 0. The van der Waals surface area contributed by atoms with Crippen molar-refractivity contribution in [2.45, 2.75) is 0 Å². The van der Waals surface area contributed by atoms with E-state index in [0.717, 1.165) is 55.9 Å². The Labute approximate surface area is 304 Å². The fourth-order valence-electron chi connectivity index (χ4n) is 7.09. The molecule has 244 valence electrons. The lowest BCUT2D eigenvalue weighted by atomic mass is 9.93. The van der Waals surface area contributed by atoms with Crippen molar-refractivity contribution in [3.63, 3.8) is 0 Å². The molecule has 10 aromatic rings. The van der Waals surface area contributed by atoms with Crippen LogP contribution in [0.3, 0.4) is 0 Å². The molecule has 0 aliphatic rings. The van der Waals surface area contributed by atoms with E-state index in [-0.39, 0.29) is 0 Å². The summed E-state index contributed by atoms with van der Waals surface area (Å²) in [5.74, 6) is 2.69. The summed E-state index contributed by atoms with van der Waals surface area (Å²) in [5.41, 5.74) is 8.93. The number of rotatable bonds is 6. The smallest absolute Gasteiger partial charge is 0.164 e. The minimum atomic E-state index is 0.600. The summed E-state index contributed by atoms with van der Waals surface area (Å²) in [6, 6.07) is 60.8. The third-order valence-electron chi connectivity index (χ3n) is 9.49. The molecule has 0 atom stereocenters. The van der Waals surface area contributed by atoms with Gasteiger partial charge in [-0.1, -0.05) is 133 Å². The van der Waals surface area contributed by atoms with Crippen LogP contribution in [0.15, 0.2) is 176 Å². The lowest BCUT2D eigenvalue weighted by Gasteiger charge is -2.16. The largest absolute Gasteiger partial charge is 0.292 e. The van der Waals surface area contributed by atoms with Crippen LogP contribution in [0.5, 0.6) is 0 Å². The average molecular weight is 684 g/mol. The Morgan fingerprint density at radius 2 is 1.02 bits per heavy atom. The number of nitrogens with zero attached hydrogens (tertiary/aromatic N) is 5. The number of para-hydroxylation sites is 3. The van der Waals surface area contributed by atoms with Gasteiger partial charge in [-0.05, 0) is 53.6 Å².